The maximum absolute atomic E-state index is 5.98. The summed E-state index contributed by atoms with van der Waals surface area (Å²) in [6.07, 6.45) is 15.3. The summed E-state index contributed by atoms with van der Waals surface area (Å²) in [6.45, 7) is 14.7. The fraction of sp³-hybridized carbons (Fsp3) is 0.647. The van der Waals surface area contributed by atoms with E-state index < -0.39 is 0 Å². The van der Waals surface area contributed by atoms with Gasteiger partial charge in [0.15, 0.2) is 0 Å². The van der Waals surface area contributed by atoms with Crippen molar-refractivity contribution in [1.29, 1.82) is 0 Å². The summed E-state index contributed by atoms with van der Waals surface area (Å²) in [6, 6.07) is 17.2. The molecule has 2 rings (SSSR count). The molecule has 0 aliphatic heterocycles. The average Bonchev–Trinajstić information content (AvgIpc) is 2.95. The van der Waals surface area contributed by atoms with Crippen LogP contribution in [0.4, 0.5) is 11.4 Å². The first-order valence-electron chi connectivity index (χ1n) is 15.7. The predicted molar refractivity (Wildman–Crippen MR) is 166 cm³/mol. The standard InChI is InChI=1S/C34H56N2O2/c1-5-9-13-25-35(26-14-10-6-2)31-17-21-33(22-18-31)37-29-30-38-34-23-19-32(20-24-34)36(27-15-11-7-3)28-16-12-8-4/h17-24H,5-16,25-30H2,1-4H3. The lowest BCUT2D eigenvalue weighted by atomic mass is 10.2. The first-order chi connectivity index (χ1) is 18.7. The summed E-state index contributed by atoms with van der Waals surface area (Å²) in [5.41, 5.74) is 2.61. The molecule has 0 fully saturated rings. The minimum Gasteiger partial charge on any atom is -0.490 e. The Morgan fingerprint density at radius 1 is 0.421 bits per heavy atom. The lowest BCUT2D eigenvalue weighted by Gasteiger charge is -2.25. The number of anilines is 2. The Labute approximate surface area is 234 Å². The first-order valence-corrected chi connectivity index (χ1v) is 15.7. The van der Waals surface area contributed by atoms with Crippen molar-refractivity contribution in [1.82, 2.24) is 0 Å². The third-order valence-electron chi connectivity index (χ3n) is 7.15. The van der Waals surface area contributed by atoms with Gasteiger partial charge in [-0.1, -0.05) is 79.1 Å². The number of rotatable bonds is 23. The lowest BCUT2D eigenvalue weighted by molar-refractivity contribution is 0.217. The molecule has 0 aliphatic carbocycles. The molecule has 0 saturated heterocycles. The predicted octanol–water partition coefficient (Wildman–Crippen LogP) is 9.52. The zero-order valence-corrected chi connectivity index (χ0v) is 25.1. The number of benzene rings is 2. The Morgan fingerprint density at radius 3 is 0.974 bits per heavy atom. The van der Waals surface area contributed by atoms with E-state index in [1.807, 2.05) is 0 Å². The van der Waals surface area contributed by atoms with E-state index in [-0.39, 0.29) is 0 Å². The second-order valence-corrected chi connectivity index (χ2v) is 10.5. The number of hydrogen-bond donors (Lipinski definition) is 0. The van der Waals surface area contributed by atoms with Gasteiger partial charge in [-0.3, -0.25) is 0 Å². The second-order valence-electron chi connectivity index (χ2n) is 10.5. The summed E-state index contributed by atoms with van der Waals surface area (Å²) < 4.78 is 12.0. The molecule has 214 valence electrons. The molecule has 0 radical (unpaired) electrons. The minimum atomic E-state index is 0.540. The zero-order valence-electron chi connectivity index (χ0n) is 25.1. The van der Waals surface area contributed by atoms with Crippen molar-refractivity contribution in [2.24, 2.45) is 0 Å². The van der Waals surface area contributed by atoms with E-state index in [9.17, 15) is 0 Å². The Bertz CT molecular complexity index is 717. The van der Waals surface area contributed by atoms with Gasteiger partial charge in [0.05, 0.1) is 0 Å². The highest BCUT2D eigenvalue weighted by molar-refractivity contribution is 5.50. The topological polar surface area (TPSA) is 24.9 Å². The molecular formula is C34H56N2O2. The molecule has 0 N–H and O–H groups in total. The molecule has 0 amide bonds. The van der Waals surface area contributed by atoms with Gasteiger partial charge in [-0.25, -0.2) is 0 Å². The van der Waals surface area contributed by atoms with Crippen LogP contribution in [0, 0.1) is 0 Å². The van der Waals surface area contributed by atoms with E-state index >= 15 is 0 Å². The van der Waals surface area contributed by atoms with Crippen molar-refractivity contribution in [3.8, 4) is 11.5 Å². The Balaban J connectivity index is 1.79. The molecule has 0 spiro atoms. The maximum atomic E-state index is 5.98. The molecule has 0 heterocycles. The van der Waals surface area contributed by atoms with Gasteiger partial charge < -0.3 is 19.3 Å². The van der Waals surface area contributed by atoms with Gasteiger partial charge in [-0.15, -0.1) is 0 Å². The molecule has 4 nitrogen and oxygen atoms in total. The highest BCUT2D eigenvalue weighted by Crippen LogP contribution is 2.23. The fourth-order valence-corrected chi connectivity index (χ4v) is 4.78. The van der Waals surface area contributed by atoms with Crippen molar-refractivity contribution in [3.63, 3.8) is 0 Å². The van der Waals surface area contributed by atoms with Crippen molar-refractivity contribution < 1.29 is 9.47 Å². The largest absolute Gasteiger partial charge is 0.490 e. The van der Waals surface area contributed by atoms with Crippen LogP contribution in [-0.4, -0.2) is 39.4 Å². The molecule has 38 heavy (non-hydrogen) atoms. The summed E-state index contributed by atoms with van der Waals surface area (Å²) in [5, 5.41) is 0. The van der Waals surface area contributed by atoms with Crippen molar-refractivity contribution in [3.05, 3.63) is 48.5 Å². The highest BCUT2D eigenvalue weighted by atomic mass is 16.5. The number of unbranched alkanes of at least 4 members (excludes halogenated alkanes) is 8. The molecule has 2 aromatic rings. The molecule has 0 bridgehead atoms. The molecule has 0 saturated carbocycles. The van der Waals surface area contributed by atoms with Crippen LogP contribution >= 0.6 is 0 Å². The quantitative estimate of drug-likeness (QED) is 0.135. The molecule has 4 heteroatoms. The third kappa shape index (κ3) is 12.9. The molecule has 2 aromatic carbocycles. The number of nitrogens with zero attached hydrogens (tertiary/aromatic N) is 2. The zero-order chi connectivity index (χ0) is 27.3. The van der Waals surface area contributed by atoms with Gasteiger partial charge in [0.1, 0.15) is 24.7 Å². The summed E-state index contributed by atoms with van der Waals surface area (Å²) in [5.74, 6) is 1.81. The van der Waals surface area contributed by atoms with Crippen LogP contribution in [-0.2, 0) is 0 Å². The smallest absolute Gasteiger partial charge is 0.122 e. The van der Waals surface area contributed by atoms with Crippen LogP contribution < -0.4 is 19.3 Å². The Morgan fingerprint density at radius 2 is 0.711 bits per heavy atom. The van der Waals surface area contributed by atoms with E-state index in [0.717, 1.165) is 37.7 Å². The average molecular weight is 525 g/mol. The van der Waals surface area contributed by atoms with E-state index in [0.29, 0.717) is 13.2 Å². The van der Waals surface area contributed by atoms with Crippen LogP contribution in [0.25, 0.3) is 0 Å². The second kappa shape index (κ2) is 20.6. The van der Waals surface area contributed by atoms with Crippen molar-refractivity contribution in [2.45, 2.75) is 105 Å². The van der Waals surface area contributed by atoms with E-state index in [2.05, 4.69) is 86.0 Å². The van der Waals surface area contributed by atoms with Crippen LogP contribution in [0.3, 0.4) is 0 Å². The van der Waals surface area contributed by atoms with Crippen molar-refractivity contribution >= 4 is 11.4 Å². The summed E-state index contributed by atoms with van der Waals surface area (Å²) in [7, 11) is 0. The molecule has 0 atom stereocenters. The van der Waals surface area contributed by atoms with Gasteiger partial charge in [0.2, 0.25) is 0 Å². The summed E-state index contributed by atoms with van der Waals surface area (Å²) >= 11 is 0. The third-order valence-corrected chi connectivity index (χ3v) is 7.15. The van der Waals surface area contributed by atoms with Crippen LogP contribution in [0.2, 0.25) is 0 Å². The van der Waals surface area contributed by atoms with Gasteiger partial charge >= 0.3 is 0 Å². The van der Waals surface area contributed by atoms with E-state index in [4.69, 9.17) is 9.47 Å². The molecule has 0 unspecified atom stereocenters. The highest BCUT2D eigenvalue weighted by Gasteiger charge is 2.08. The number of hydrogen-bond acceptors (Lipinski definition) is 4. The van der Waals surface area contributed by atoms with Gasteiger partial charge in [0.25, 0.3) is 0 Å². The normalized spacial score (nSPS) is 10.9. The van der Waals surface area contributed by atoms with Crippen LogP contribution in [0.15, 0.2) is 48.5 Å². The van der Waals surface area contributed by atoms with Crippen LogP contribution in [0.5, 0.6) is 11.5 Å². The van der Waals surface area contributed by atoms with Crippen LogP contribution in [0.1, 0.15) is 105 Å². The van der Waals surface area contributed by atoms with Gasteiger partial charge in [0, 0.05) is 37.6 Å². The monoisotopic (exact) mass is 524 g/mol. The first kappa shape index (κ1) is 31.9. The van der Waals surface area contributed by atoms with E-state index in [1.54, 1.807) is 0 Å². The molecule has 0 aliphatic rings. The SMILES string of the molecule is CCCCCN(CCCCC)c1ccc(OCCOc2ccc(N(CCCCC)CCCCC)cc2)cc1. The van der Waals surface area contributed by atoms with Crippen molar-refractivity contribution in [2.75, 3.05) is 49.2 Å². The summed E-state index contributed by atoms with van der Waals surface area (Å²) in [4.78, 5) is 5.08. The van der Waals surface area contributed by atoms with E-state index in [1.165, 1.54) is 88.4 Å². The molecular weight excluding hydrogens is 468 g/mol. The Kier molecular flexibility index (Phi) is 17.3. The fourth-order valence-electron chi connectivity index (χ4n) is 4.78. The van der Waals surface area contributed by atoms with Gasteiger partial charge in [-0.2, -0.15) is 0 Å². The lowest BCUT2D eigenvalue weighted by Crippen LogP contribution is -2.25. The number of ether oxygens (including phenoxy) is 2. The Hall–Kier alpha value is -2.36. The minimum absolute atomic E-state index is 0.540. The maximum Gasteiger partial charge on any atom is 0.122 e. The molecule has 0 aromatic heterocycles. The van der Waals surface area contributed by atoms with Gasteiger partial charge in [-0.05, 0) is 74.2 Å².